The Morgan fingerprint density at radius 1 is 1.19 bits per heavy atom. The van der Waals surface area contributed by atoms with Gasteiger partial charge < -0.3 is 18.8 Å². The number of anilines is 2. The fourth-order valence-corrected chi connectivity index (χ4v) is 4.76. The van der Waals surface area contributed by atoms with E-state index in [9.17, 15) is 18.4 Å². The van der Waals surface area contributed by atoms with Crippen molar-refractivity contribution in [3.63, 3.8) is 0 Å². The smallest absolute Gasteiger partial charge is 0.416 e. The van der Waals surface area contributed by atoms with Crippen LogP contribution in [0.5, 0.6) is 0 Å². The zero-order valence-corrected chi connectivity index (χ0v) is 20.6. The highest BCUT2D eigenvalue weighted by Gasteiger charge is 2.43. The number of nitrogens with zero attached hydrogens (tertiary/aromatic N) is 3. The lowest BCUT2D eigenvalue weighted by Crippen LogP contribution is -2.58. The van der Waals surface area contributed by atoms with Crippen molar-refractivity contribution in [2.75, 3.05) is 43.6 Å². The first kappa shape index (κ1) is 24.2. The number of cyclic esters (lactones) is 1. The van der Waals surface area contributed by atoms with E-state index < -0.39 is 38.4 Å². The number of carbonyl (C=O) groups excluding carboxylic acids is 2. The fraction of sp³-hybridized carbons (Fsp3) is 0.619. The van der Waals surface area contributed by atoms with Crippen molar-refractivity contribution in [2.45, 2.75) is 51.2 Å². The molecule has 0 radical (unpaired) electrons. The fourth-order valence-electron chi connectivity index (χ4n) is 3.42. The lowest BCUT2D eigenvalue weighted by molar-refractivity contribution is 0.0343. The maximum atomic E-state index is 14.9. The van der Waals surface area contributed by atoms with Gasteiger partial charge in [-0.15, -0.1) is 0 Å². The minimum atomic E-state index is -1.97. The predicted molar refractivity (Wildman–Crippen MR) is 118 cm³/mol. The van der Waals surface area contributed by atoms with E-state index in [1.54, 1.807) is 4.90 Å². The Kier molecular flexibility index (Phi) is 6.45. The van der Waals surface area contributed by atoms with Crippen LogP contribution in [0, 0.1) is 11.6 Å². The van der Waals surface area contributed by atoms with Crippen LogP contribution in [-0.4, -0.2) is 71.5 Å². The zero-order valence-electron chi connectivity index (χ0n) is 19.6. The van der Waals surface area contributed by atoms with Crippen molar-refractivity contribution in [3.8, 4) is 0 Å². The number of likely N-dealkylation sites (N-methyl/N-ethyl adjacent to an activating group) is 1. The molecule has 2 aliphatic heterocycles. The Morgan fingerprint density at radius 3 is 2.25 bits per heavy atom. The first-order valence-electron chi connectivity index (χ1n) is 10.5. The number of hydrogen-bond acceptors (Lipinski definition) is 6. The molecule has 0 spiro atoms. The quantitative estimate of drug-likeness (QED) is 0.601. The van der Waals surface area contributed by atoms with Gasteiger partial charge in [-0.2, -0.15) is 0 Å². The number of carbonyl (C=O) groups is 2. The molecule has 3 rings (SSSR count). The first-order chi connectivity index (χ1) is 14.7. The van der Waals surface area contributed by atoms with Crippen LogP contribution in [0.4, 0.5) is 29.7 Å². The lowest BCUT2D eigenvalue weighted by Gasteiger charge is -2.47. The van der Waals surface area contributed by atoms with Crippen LogP contribution in [0.3, 0.4) is 0 Å². The third-order valence-corrected chi connectivity index (χ3v) is 11.0. The summed E-state index contributed by atoms with van der Waals surface area (Å²) < 4.78 is 45.8. The Labute approximate surface area is 188 Å². The van der Waals surface area contributed by atoms with Crippen molar-refractivity contribution >= 4 is 31.9 Å². The summed E-state index contributed by atoms with van der Waals surface area (Å²) in [7, 11) is 0.643. The number of benzene rings is 1. The molecular formula is C21H31F2N3O5Si. The van der Waals surface area contributed by atoms with Crippen molar-refractivity contribution in [3.05, 3.63) is 23.8 Å². The van der Waals surface area contributed by atoms with E-state index in [2.05, 4.69) is 38.6 Å². The average Bonchev–Trinajstić information content (AvgIpc) is 3.04. The van der Waals surface area contributed by atoms with E-state index in [-0.39, 0.29) is 29.1 Å². The zero-order chi connectivity index (χ0) is 24.0. The highest BCUT2D eigenvalue weighted by Crippen LogP contribution is 2.40. The number of rotatable bonds is 5. The number of halogens is 2. The highest BCUT2D eigenvalue weighted by molar-refractivity contribution is 6.74. The van der Waals surface area contributed by atoms with Crippen LogP contribution in [0.1, 0.15) is 20.8 Å². The Morgan fingerprint density at radius 2 is 1.75 bits per heavy atom. The highest BCUT2D eigenvalue weighted by atomic mass is 28.4. The largest absolute Gasteiger partial charge is 0.453 e. The van der Waals surface area contributed by atoms with Gasteiger partial charge in [-0.1, -0.05) is 20.8 Å². The second-order valence-electron chi connectivity index (χ2n) is 9.69. The van der Waals surface area contributed by atoms with Gasteiger partial charge in [-0.25, -0.2) is 18.4 Å². The third kappa shape index (κ3) is 4.54. The van der Waals surface area contributed by atoms with E-state index in [4.69, 9.17) is 9.16 Å². The molecule has 8 nitrogen and oxygen atoms in total. The van der Waals surface area contributed by atoms with E-state index in [1.807, 2.05) is 0 Å². The minimum absolute atomic E-state index is 0.0177. The molecular weight excluding hydrogens is 440 g/mol. The lowest BCUT2D eigenvalue weighted by atomic mass is 10.1. The monoisotopic (exact) mass is 471 g/mol. The summed E-state index contributed by atoms with van der Waals surface area (Å²) in [5, 5.41) is 0.0513. The van der Waals surface area contributed by atoms with Crippen LogP contribution in [-0.2, 0) is 13.9 Å². The van der Waals surface area contributed by atoms with Gasteiger partial charge in [0.25, 0.3) is 0 Å². The molecule has 2 heterocycles. The first-order valence-corrected chi connectivity index (χ1v) is 13.4. The summed E-state index contributed by atoms with van der Waals surface area (Å²) in [5.74, 6) is -1.55. The average molecular weight is 472 g/mol. The van der Waals surface area contributed by atoms with Gasteiger partial charge in [0.05, 0.1) is 25.4 Å². The van der Waals surface area contributed by atoms with Crippen LogP contribution in [0.15, 0.2) is 12.1 Å². The molecule has 0 bridgehead atoms. The number of methoxy groups -OCH3 is 1. The summed E-state index contributed by atoms with van der Waals surface area (Å²) in [6.45, 7) is 11.4. The second-order valence-corrected chi connectivity index (χ2v) is 14.4. The molecule has 178 valence electrons. The topological polar surface area (TPSA) is 71.5 Å². The van der Waals surface area contributed by atoms with Crippen molar-refractivity contribution in [2.24, 2.45) is 0 Å². The molecule has 2 saturated heterocycles. The van der Waals surface area contributed by atoms with Crippen LogP contribution in [0.2, 0.25) is 18.1 Å². The van der Waals surface area contributed by atoms with Gasteiger partial charge in [0.1, 0.15) is 5.69 Å². The second kappa shape index (κ2) is 8.51. The molecule has 1 aromatic carbocycles. The molecule has 2 aliphatic rings. The molecule has 1 aromatic rings. The predicted octanol–water partition coefficient (Wildman–Crippen LogP) is 4.16. The van der Waals surface area contributed by atoms with Crippen LogP contribution in [0.25, 0.3) is 0 Å². The van der Waals surface area contributed by atoms with Gasteiger partial charge >= 0.3 is 12.2 Å². The molecule has 1 atom stereocenters. The molecule has 11 heteroatoms. The van der Waals surface area contributed by atoms with Crippen molar-refractivity contribution < 1.29 is 32.3 Å². The summed E-state index contributed by atoms with van der Waals surface area (Å²) >= 11 is 0. The Balaban J connectivity index is 1.69. The van der Waals surface area contributed by atoms with Crippen molar-refractivity contribution in [1.82, 2.24) is 4.90 Å². The van der Waals surface area contributed by atoms with Crippen LogP contribution >= 0.6 is 0 Å². The number of amides is 2. The summed E-state index contributed by atoms with van der Waals surface area (Å²) in [4.78, 5) is 27.6. The summed E-state index contributed by atoms with van der Waals surface area (Å²) in [6.07, 6.45) is -2.49. The maximum Gasteiger partial charge on any atom is 0.416 e. The Bertz CT molecular complexity index is 879. The maximum absolute atomic E-state index is 14.9. The molecule has 0 N–H and O–H groups in total. The normalized spacial score (nSPS) is 19.7. The summed E-state index contributed by atoms with van der Waals surface area (Å²) in [5.41, 5.74) is -0.122. The molecule has 2 fully saturated rings. The molecule has 0 aliphatic carbocycles. The SMILES string of the molecule is COC(=O)N(C)[C@@H]1CN(c2cc(F)c(N3CC(O[Si](C)(C)C(C)(C)C)C3)c(F)c2)C(=O)O1. The van der Waals surface area contributed by atoms with E-state index in [0.717, 1.165) is 21.9 Å². The van der Waals surface area contributed by atoms with Gasteiger partial charge in [0, 0.05) is 32.3 Å². The van der Waals surface area contributed by atoms with E-state index >= 15 is 0 Å². The molecule has 2 amide bonds. The molecule has 32 heavy (non-hydrogen) atoms. The minimum Gasteiger partial charge on any atom is -0.453 e. The number of hydrogen-bond donors (Lipinski definition) is 0. The van der Waals surface area contributed by atoms with E-state index in [1.165, 1.54) is 14.2 Å². The summed E-state index contributed by atoms with van der Waals surface area (Å²) in [6, 6.07) is 2.20. The van der Waals surface area contributed by atoms with Gasteiger partial charge in [0.15, 0.2) is 26.2 Å². The van der Waals surface area contributed by atoms with Crippen molar-refractivity contribution in [1.29, 1.82) is 0 Å². The van der Waals surface area contributed by atoms with Crippen LogP contribution < -0.4 is 9.80 Å². The molecule has 0 saturated carbocycles. The number of ether oxygens (including phenoxy) is 2. The third-order valence-electron chi connectivity index (χ3n) is 6.44. The van der Waals surface area contributed by atoms with Gasteiger partial charge in [-0.05, 0) is 18.1 Å². The molecule has 0 unspecified atom stereocenters. The Hall–Kier alpha value is -2.40. The van der Waals surface area contributed by atoms with E-state index in [0.29, 0.717) is 13.1 Å². The molecule has 0 aromatic heterocycles. The van der Waals surface area contributed by atoms with Gasteiger partial charge in [-0.3, -0.25) is 9.80 Å². The standard InChI is InChI=1S/C21H31F2N3O5Si/c1-21(2,3)32(6,7)31-14-10-25(11-14)18-15(22)8-13(9-16(18)23)26-12-17(30-20(26)28)24(4)19(27)29-5/h8-9,14,17H,10-12H2,1-7H3/t17-/m0/s1. The van der Waals surface area contributed by atoms with Gasteiger partial charge in [0.2, 0.25) is 0 Å².